The van der Waals surface area contributed by atoms with Gasteiger partial charge < -0.3 is 10.2 Å². The van der Waals surface area contributed by atoms with Crippen molar-refractivity contribution in [3.63, 3.8) is 0 Å². The molecule has 1 N–H and O–H groups in total. The molecular weight excluding hydrogens is 264 g/mol. The Morgan fingerprint density at radius 2 is 2.16 bits per heavy atom. The lowest BCUT2D eigenvalue weighted by molar-refractivity contribution is -0.133. The Bertz CT molecular complexity index is 516. The fraction of sp³-hybridized carbons (Fsp3) is 0.429. The van der Waals surface area contributed by atoms with Crippen molar-refractivity contribution >= 4 is 23.4 Å². The summed E-state index contributed by atoms with van der Waals surface area (Å²) in [7, 11) is 0. The highest BCUT2D eigenvalue weighted by Crippen LogP contribution is 2.20. The number of carbonyl (C=O) groups is 2. The maximum absolute atomic E-state index is 12.1. The fourth-order valence-electron chi connectivity index (χ4n) is 2.14. The second kappa shape index (κ2) is 5.61. The molecule has 0 aliphatic carbocycles. The molecule has 2 rings (SSSR count). The van der Waals surface area contributed by atoms with Crippen LogP contribution in [-0.4, -0.2) is 29.3 Å². The first kappa shape index (κ1) is 13.9. The molecule has 1 aromatic rings. The van der Waals surface area contributed by atoms with Gasteiger partial charge in [-0.15, -0.1) is 0 Å². The monoisotopic (exact) mass is 280 g/mol. The van der Waals surface area contributed by atoms with E-state index in [9.17, 15) is 9.59 Å². The average Bonchev–Trinajstić information content (AvgIpc) is 2.46. The van der Waals surface area contributed by atoms with Crippen molar-refractivity contribution in [3.8, 4) is 0 Å². The van der Waals surface area contributed by atoms with Gasteiger partial charge in [0, 0.05) is 24.5 Å². The summed E-state index contributed by atoms with van der Waals surface area (Å²) < 4.78 is 0. The third kappa shape index (κ3) is 3.26. The molecule has 0 aromatic heterocycles. The fourth-order valence-corrected chi connectivity index (χ4v) is 2.43. The number of halogens is 1. The molecule has 1 saturated heterocycles. The molecule has 1 aromatic carbocycles. The summed E-state index contributed by atoms with van der Waals surface area (Å²) in [6, 6.07) is 5.30. The largest absolute Gasteiger partial charge is 0.345 e. The molecule has 102 valence electrons. The molecule has 2 amide bonds. The summed E-state index contributed by atoms with van der Waals surface area (Å²) in [4.78, 5) is 25.3. The molecule has 1 heterocycles. The molecule has 1 atom stereocenters. The van der Waals surface area contributed by atoms with E-state index >= 15 is 0 Å². The Kier molecular flexibility index (Phi) is 4.10. The lowest BCUT2D eigenvalue weighted by atomic mass is 10.1. The van der Waals surface area contributed by atoms with Crippen molar-refractivity contribution in [2.45, 2.75) is 32.9 Å². The van der Waals surface area contributed by atoms with Gasteiger partial charge in [0.05, 0.1) is 0 Å². The Balaban J connectivity index is 2.17. The van der Waals surface area contributed by atoms with Gasteiger partial charge in [-0.25, -0.2) is 0 Å². The molecule has 1 unspecified atom stereocenters. The maximum Gasteiger partial charge on any atom is 0.245 e. The van der Waals surface area contributed by atoms with Gasteiger partial charge in [0.15, 0.2) is 0 Å². The molecule has 1 fully saturated rings. The smallest absolute Gasteiger partial charge is 0.245 e. The van der Waals surface area contributed by atoms with Crippen LogP contribution >= 0.6 is 11.6 Å². The van der Waals surface area contributed by atoms with E-state index < -0.39 is 6.04 Å². The van der Waals surface area contributed by atoms with Gasteiger partial charge in [0.25, 0.3) is 0 Å². The Labute approximate surface area is 117 Å². The third-order valence-electron chi connectivity index (χ3n) is 3.24. The zero-order valence-electron chi connectivity index (χ0n) is 11.1. The van der Waals surface area contributed by atoms with Crippen LogP contribution in [0.2, 0.25) is 5.02 Å². The Morgan fingerprint density at radius 3 is 2.84 bits per heavy atom. The molecule has 0 spiro atoms. The number of amides is 2. The van der Waals surface area contributed by atoms with Gasteiger partial charge in [0.2, 0.25) is 11.8 Å². The lowest BCUT2D eigenvalue weighted by Crippen LogP contribution is -2.42. The van der Waals surface area contributed by atoms with Crippen LogP contribution in [0.1, 0.15) is 24.5 Å². The van der Waals surface area contributed by atoms with E-state index in [0.29, 0.717) is 24.5 Å². The zero-order chi connectivity index (χ0) is 14.0. The maximum atomic E-state index is 12.1. The second-order valence-electron chi connectivity index (χ2n) is 4.89. The first-order chi connectivity index (χ1) is 8.97. The lowest BCUT2D eigenvalue weighted by Gasteiger charge is -2.23. The molecule has 1 aliphatic rings. The summed E-state index contributed by atoms with van der Waals surface area (Å²) >= 11 is 6.18. The molecular formula is C14H17ClN2O2. The summed E-state index contributed by atoms with van der Waals surface area (Å²) in [5.41, 5.74) is 1.99. The predicted molar refractivity (Wildman–Crippen MR) is 73.8 cm³/mol. The van der Waals surface area contributed by atoms with Crippen molar-refractivity contribution in [2.75, 3.05) is 6.54 Å². The van der Waals surface area contributed by atoms with Crippen molar-refractivity contribution in [3.05, 3.63) is 34.3 Å². The van der Waals surface area contributed by atoms with Crippen LogP contribution in [0.5, 0.6) is 0 Å². The van der Waals surface area contributed by atoms with Crippen LogP contribution in [0, 0.1) is 6.92 Å². The number of hydrogen-bond acceptors (Lipinski definition) is 2. The molecule has 19 heavy (non-hydrogen) atoms. The number of rotatable bonds is 2. The molecule has 1 aliphatic heterocycles. The highest BCUT2D eigenvalue weighted by molar-refractivity contribution is 6.31. The quantitative estimate of drug-likeness (QED) is 0.899. The van der Waals surface area contributed by atoms with Crippen LogP contribution in [0.3, 0.4) is 0 Å². The minimum absolute atomic E-state index is 0.0671. The van der Waals surface area contributed by atoms with Crippen molar-refractivity contribution < 1.29 is 9.59 Å². The topological polar surface area (TPSA) is 49.4 Å². The predicted octanol–water partition coefficient (Wildman–Crippen LogP) is 1.89. The van der Waals surface area contributed by atoms with Gasteiger partial charge >= 0.3 is 0 Å². The summed E-state index contributed by atoms with van der Waals surface area (Å²) in [5.74, 6) is -0.152. The number of benzene rings is 1. The summed E-state index contributed by atoms with van der Waals surface area (Å²) in [6.07, 6.45) is 0.333. The van der Waals surface area contributed by atoms with E-state index in [1.807, 2.05) is 25.1 Å². The van der Waals surface area contributed by atoms with E-state index in [1.54, 1.807) is 11.8 Å². The minimum atomic E-state index is -0.473. The van der Waals surface area contributed by atoms with Crippen molar-refractivity contribution in [1.82, 2.24) is 10.2 Å². The Morgan fingerprint density at radius 1 is 1.42 bits per heavy atom. The number of nitrogens with one attached hydrogen (secondary N) is 1. The second-order valence-corrected chi connectivity index (χ2v) is 5.30. The standard InChI is InChI=1S/C14H17ClN2O2/c1-9-3-4-11(12(15)7-9)8-17-6-5-13(18)16-10(2)14(17)19/h3-4,7,10H,5-6,8H2,1-2H3,(H,16,18). The number of carbonyl (C=O) groups excluding carboxylic acids is 2. The van der Waals surface area contributed by atoms with E-state index in [0.717, 1.165) is 11.1 Å². The van der Waals surface area contributed by atoms with Gasteiger partial charge in [-0.05, 0) is 31.0 Å². The highest BCUT2D eigenvalue weighted by Gasteiger charge is 2.26. The normalized spacial score (nSPS) is 20.2. The first-order valence-electron chi connectivity index (χ1n) is 6.30. The van der Waals surface area contributed by atoms with Crippen LogP contribution in [-0.2, 0) is 16.1 Å². The third-order valence-corrected chi connectivity index (χ3v) is 3.59. The van der Waals surface area contributed by atoms with Crippen molar-refractivity contribution in [2.24, 2.45) is 0 Å². The van der Waals surface area contributed by atoms with Gasteiger partial charge in [-0.3, -0.25) is 9.59 Å². The highest BCUT2D eigenvalue weighted by atomic mass is 35.5. The van der Waals surface area contributed by atoms with Gasteiger partial charge in [-0.2, -0.15) is 0 Å². The van der Waals surface area contributed by atoms with Crippen molar-refractivity contribution in [1.29, 1.82) is 0 Å². The SMILES string of the molecule is Cc1ccc(CN2CCC(=O)NC(C)C2=O)c(Cl)c1. The molecule has 5 heteroatoms. The molecule has 4 nitrogen and oxygen atoms in total. The summed E-state index contributed by atoms with van der Waals surface area (Å²) in [5, 5.41) is 3.32. The van der Waals surface area contributed by atoms with Gasteiger partial charge in [0.1, 0.15) is 6.04 Å². The average molecular weight is 281 g/mol. The van der Waals surface area contributed by atoms with Crippen LogP contribution in [0.25, 0.3) is 0 Å². The van der Waals surface area contributed by atoms with Gasteiger partial charge in [-0.1, -0.05) is 23.7 Å². The molecule has 0 bridgehead atoms. The zero-order valence-corrected chi connectivity index (χ0v) is 11.8. The number of hydrogen-bond donors (Lipinski definition) is 1. The summed E-state index contributed by atoms with van der Waals surface area (Å²) in [6.45, 7) is 4.54. The molecule has 0 radical (unpaired) electrons. The van der Waals surface area contributed by atoms with E-state index in [-0.39, 0.29) is 11.8 Å². The van der Waals surface area contributed by atoms with Crippen LogP contribution in [0.4, 0.5) is 0 Å². The van der Waals surface area contributed by atoms with Crippen LogP contribution in [0.15, 0.2) is 18.2 Å². The Hall–Kier alpha value is -1.55. The van der Waals surface area contributed by atoms with E-state index in [2.05, 4.69) is 5.32 Å². The first-order valence-corrected chi connectivity index (χ1v) is 6.68. The minimum Gasteiger partial charge on any atom is -0.345 e. The van der Waals surface area contributed by atoms with E-state index in [4.69, 9.17) is 11.6 Å². The van der Waals surface area contributed by atoms with E-state index in [1.165, 1.54) is 0 Å². The number of aryl methyl sites for hydroxylation is 1. The number of nitrogens with zero attached hydrogens (tertiary/aromatic N) is 1. The van der Waals surface area contributed by atoms with Crippen LogP contribution < -0.4 is 5.32 Å². The molecule has 0 saturated carbocycles.